The number of benzene rings is 2. The number of likely N-dealkylation sites (N-methyl/N-ethyl adjacent to an activating group) is 2. The van der Waals surface area contributed by atoms with Crippen LogP contribution in [0.4, 0.5) is 0 Å². The minimum Gasteiger partial charge on any atom is -0.478 e. The van der Waals surface area contributed by atoms with Crippen molar-refractivity contribution in [1.82, 2.24) is 38.7 Å². The van der Waals surface area contributed by atoms with Crippen molar-refractivity contribution in [2.45, 2.75) is 26.2 Å². The van der Waals surface area contributed by atoms with Gasteiger partial charge in [-0.25, -0.2) is 29.1 Å². The Morgan fingerprint density at radius 1 is 0.571 bits per heavy atom. The predicted molar refractivity (Wildman–Crippen MR) is 239 cm³/mol. The van der Waals surface area contributed by atoms with Crippen molar-refractivity contribution in [3.05, 3.63) is 110 Å². The van der Waals surface area contributed by atoms with Gasteiger partial charge < -0.3 is 54.3 Å². The molecule has 344 valence electrons. The van der Waals surface area contributed by atoms with Gasteiger partial charge in [0.2, 0.25) is 0 Å². The van der Waals surface area contributed by atoms with Crippen molar-refractivity contribution in [2.24, 2.45) is 0 Å². The Kier molecular flexibility index (Phi) is 24.7. The van der Waals surface area contributed by atoms with E-state index >= 15 is 0 Å². The van der Waals surface area contributed by atoms with Crippen LogP contribution in [0.2, 0.25) is 0 Å². The number of hydrogen-bond donors (Lipinski definition) is 4. The van der Waals surface area contributed by atoms with E-state index < -0.39 is 23.9 Å². The summed E-state index contributed by atoms with van der Waals surface area (Å²) in [5, 5.41) is 31.2. The van der Waals surface area contributed by atoms with Gasteiger partial charge in [-0.15, -0.1) is 13.2 Å². The highest BCUT2D eigenvalue weighted by atomic mass is 16.5. The van der Waals surface area contributed by atoms with Crippen LogP contribution in [0.25, 0.3) is 22.1 Å². The molecule has 19 heteroatoms. The third kappa shape index (κ3) is 20.1. The fourth-order valence-corrected chi connectivity index (χ4v) is 6.33. The number of imidazole rings is 2. The maximum atomic E-state index is 9.55. The van der Waals surface area contributed by atoms with E-state index in [0.29, 0.717) is 50.7 Å². The van der Waals surface area contributed by atoms with E-state index in [9.17, 15) is 19.2 Å². The standard InChI is InChI=1S/2C18H26N4O.2C4H4O4.H2O/c2*1-3-13-23-14-12-22-17-7-5-4-6-16(17)19-18(22)15-21-10-8-20(2)9-11-21;2*5-3(6)1-2-4(7)8;/h2*3-7H,1,8-15H2,2H3;2*1-2H,(H,5,6)(H,7,8);1H2/b;;2*2-1+;. The predicted octanol–water partition coefficient (Wildman–Crippen LogP) is 2.57. The zero-order valence-corrected chi connectivity index (χ0v) is 36.1. The molecule has 0 saturated carbocycles. The van der Waals surface area contributed by atoms with Crippen LogP contribution in [0.3, 0.4) is 0 Å². The van der Waals surface area contributed by atoms with Gasteiger partial charge in [-0.2, -0.15) is 0 Å². The zero-order valence-electron chi connectivity index (χ0n) is 36.1. The minimum absolute atomic E-state index is 0. The molecule has 0 bridgehead atoms. The number of carboxylic acids is 4. The molecule has 4 heterocycles. The molecule has 2 fully saturated rings. The van der Waals surface area contributed by atoms with E-state index in [-0.39, 0.29) is 5.48 Å². The quantitative estimate of drug-likeness (QED) is 0.0637. The Morgan fingerprint density at radius 2 is 0.889 bits per heavy atom. The largest absolute Gasteiger partial charge is 0.478 e. The van der Waals surface area contributed by atoms with Crippen molar-refractivity contribution in [3.63, 3.8) is 0 Å². The highest BCUT2D eigenvalue weighted by Gasteiger charge is 2.19. The van der Waals surface area contributed by atoms with Crippen LogP contribution in [0.5, 0.6) is 0 Å². The van der Waals surface area contributed by atoms with E-state index in [2.05, 4.69) is 92.4 Å². The number of ether oxygens (including phenoxy) is 2. The minimum atomic E-state index is -1.26. The van der Waals surface area contributed by atoms with Crippen LogP contribution >= 0.6 is 0 Å². The molecule has 2 aliphatic rings. The van der Waals surface area contributed by atoms with Gasteiger partial charge in [-0.3, -0.25) is 9.80 Å². The number of carboxylic acid groups (broad SMARTS) is 4. The fourth-order valence-electron chi connectivity index (χ4n) is 6.33. The third-order valence-corrected chi connectivity index (χ3v) is 9.52. The maximum absolute atomic E-state index is 9.55. The van der Waals surface area contributed by atoms with Crippen LogP contribution in [0, 0.1) is 0 Å². The molecular weight excluding hydrogens is 817 g/mol. The first-order valence-electron chi connectivity index (χ1n) is 20.2. The topological polar surface area (TPSA) is 248 Å². The second-order valence-corrected chi connectivity index (χ2v) is 14.2. The molecule has 0 unspecified atom stereocenters. The van der Waals surface area contributed by atoms with Gasteiger partial charge in [-0.05, 0) is 38.4 Å². The summed E-state index contributed by atoms with van der Waals surface area (Å²) in [4.78, 5) is 57.7. The van der Waals surface area contributed by atoms with Gasteiger partial charge in [-0.1, -0.05) is 36.4 Å². The Bertz CT molecular complexity index is 1920. The summed E-state index contributed by atoms with van der Waals surface area (Å²) in [7, 11) is 4.37. The molecule has 0 spiro atoms. The van der Waals surface area contributed by atoms with Gasteiger partial charge in [0.05, 0.1) is 61.6 Å². The molecule has 2 aromatic heterocycles. The van der Waals surface area contributed by atoms with Crippen LogP contribution in [-0.2, 0) is 54.8 Å². The molecule has 2 saturated heterocycles. The normalized spacial score (nSPS) is 14.8. The van der Waals surface area contributed by atoms with Crippen LogP contribution in [-0.4, -0.2) is 181 Å². The van der Waals surface area contributed by atoms with E-state index in [1.54, 1.807) is 12.2 Å². The van der Waals surface area contributed by atoms with Crippen molar-refractivity contribution < 1.29 is 54.6 Å². The van der Waals surface area contributed by atoms with E-state index in [1.807, 2.05) is 12.1 Å². The molecule has 6 rings (SSSR count). The molecule has 0 atom stereocenters. The fraction of sp³-hybridized carbons (Fsp3) is 0.409. The van der Waals surface area contributed by atoms with Gasteiger partial charge >= 0.3 is 23.9 Å². The molecule has 6 N–H and O–H groups in total. The number of fused-ring (bicyclic) bond motifs is 2. The lowest BCUT2D eigenvalue weighted by Gasteiger charge is -2.32. The zero-order chi connectivity index (χ0) is 45.3. The monoisotopic (exact) mass is 878 g/mol. The summed E-state index contributed by atoms with van der Waals surface area (Å²) in [6, 6.07) is 16.7. The molecule has 2 aromatic carbocycles. The highest BCUT2D eigenvalue weighted by Crippen LogP contribution is 2.19. The summed E-state index contributed by atoms with van der Waals surface area (Å²) in [5.41, 5.74) is 4.53. The Morgan fingerprint density at radius 3 is 1.19 bits per heavy atom. The average Bonchev–Trinajstić information content (AvgIpc) is 3.78. The summed E-state index contributed by atoms with van der Waals surface area (Å²) >= 11 is 0. The first-order valence-corrected chi connectivity index (χ1v) is 20.2. The molecule has 0 amide bonds. The van der Waals surface area contributed by atoms with Crippen molar-refractivity contribution in [3.8, 4) is 0 Å². The number of piperazine rings is 2. The number of carbonyl (C=O) groups is 4. The lowest BCUT2D eigenvalue weighted by molar-refractivity contribution is -0.134. The average molecular weight is 879 g/mol. The smallest absolute Gasteiger partial charge is 0.328 e. The lowest BCUT2D eigenvalue weighted by atomic mass is 10.3. The Hall–Kier alpha value is -6.06. The Labute approximate surface area is 367 Å². The Balaban J connectivity index is 0.000000321. The van der Waals surface area contributed by atoms with Crippen LogP contribution in [0.1, 0.15) is 11.6 Å². The second-order valence-electron chi connectivity index (χ2n) is 14.2. The van der Waals surface area contributed by atoms with Gasteiger partial charge in [0, 0.05) is 89.8 Å². The third-order valence-electron chi connectivity index (χ3n) is 9.52. The van der Waals surface area contributed by atoms with Crippen LogP contribution in [0.15, 0.2) is 98.1 Å². The summed E-state index contributed by atoms with van der Waals surface area (Å²) in [5.74, 6) is -2.75. The molecule has 19 nitrogen and oxygen atoms in total. The molecule has 63 heavy (non-hydrogen) atoms. The van der Waals surface area contributed by atoms with E-state index in [4.69, 9.17) is 39.9 Å². The molecule has 0 radical (unpaired) electrons. The van der Waals surface area contributed by atoms with E-state index in [1.165, 1.54) is 11.0 Å². The number of para-hydroxylation sites is 4. The first-order chi connectivity index (χ1) is 29.8. The molecule has 2 aliphatic heterocycles. The number of hydrogen-bond acceptors (Lipinski definition) is 12. The van der Waals surface area contributed by atoms with Crippen molar-refractivity contribution >= 4 is 45.9 Å². The molecule has 0 aliphatic carbocycles. The van der Waals surface area contributed by atoms with Crippen molar-refractivity contribution in [1.29, 1.82) is 0 Å². The number of rotatable bonds is 18. The number of aliphatic carboxylic acids is 4. The summed E-state index contributed by atoms with van der Waals surface area (Å²) < 4.78 is 15.8. The van der Waals surface area contributed by atoms with Crippen LogP contribution < -0.4 is 0 Å². The summed E-state index contributed by atoms with van der Waals surface area (Å²) in [6.07, 6.45) is 5.81. The first kappa shape index (κ1) is 53.1. The summed E-state index contributed by atoms with van der Waals surface area (Å²) in [6.45, 7) is 22.3. The highest BCUT2D eigenvalue weighted by molar-refractivity contribution is 5.90. The molecule has 4 aromatic rings. The number of aromatic nitrogens is 4. The molecular formula is C44H62N8O11. The second kappa shape index (κ2) is 29.3. The van der Waals surface area contributed by atoms with Gasteiger partial charge in [0.15, 0.2) is 0 Å². The number of nitrogens with zero attached hydrogens (tertiary/aromatic N) is 8. The SMILES string of the molecule is C=CCOCCn1c(CN2CCN(C)CC2)nc2ccccc21.C=CCOCCn1c(CN2CCN(C)CC2)nc2ccccc21.O.O=C(O)/C=C/C(=O)O.O=C(O)/C=C/C(=O)O. The van der Waals surface area contributed by atoms with E-state index in [0.717, 1.165) is 101 Å². The van der Waals surface area contributed by atoms with Gasteiger partial charge in [0.25, 0.3) is 0 Å². The lowest BCUT2D eigenvalue weighted by Crippen LogP contribution is -2.44. The van der Waals surface area contributed by atoms with Gasteiger partial charge in [0.1, 0.15) is 11.6 Å². The van der Waals surface area contributed by atoms with Crippen molar-refractivity contribution in [2.75, 3.05) is 92.9 Å². The maximum Gasteiger partial charge on any atom is 0.328 e.